The Kier molecular flexibility index (Phi) is 9.90. The standard InChI is InChI=1S/C31H38N8O6/c1-3-19(2)25-29(42)34-14-7-17-39-23-18-20(10-11-22(23)35-31(39)44)28(41)33-13-6-16-38(15-5-9-24(40)36-25)30(43)26-21-8-4-12-32-27(21)37-45-26/h4,8,10-12,18-19,25H,3,5-7,9,13-17H2,1-2H3,(H,33,41)(H,34,42)(H,35,44)(H,36,40)/t19-,25-/m0/s1. The highest BCUT2D eigenvalue weighted by atomic mass is 16.5. The van der Waals surface area contributed by atoms with E-state index in [1.54, 1.807) is 46.0 Å². The van der Waals surface area contributed by atoms with Crippen LogP contribution in [0, 0.1) is 5.92 Å². The van der Waals surface area contributed by atoms with Gasteiger partial charge in [0.25, 0.3) is 11.8 Å². The second-order valence-corrected chi connectivity index (χ2v) is 11.3. The summed E-state index contributed by atoms with van der Waals surface area (Å²) in [4.78, 5) is 73.8. The first kappa shape index (κ1) is 31.4. The van der Waals surface area contributed by atoms with Gasteiger partial charge in [-0.2, -0.15) is 0 Å². The van der Waals surface area contributed by atoms with Crippen LogP contribution in [0.3, 0.4) is 0 Å². The van der Waals surface area contributed by atoms with Crippen molar-refractivity contribution in [2.45, 2.75) is 58.5 Å². The van der Waals surface area contributed by atoms with Gasteiger partial charge in [0.05, 0.1) is 16.4 Å². The average Bonchev–Trinajstić information content (AvgIpc) is 3.61. The second-order valence-electron chi connectivity index (χ2n) is 11.3. The van der Waals surface area contributed by atoms with Gasteiger partial charge in [-0.3, -0.25) is 23.7 Å². The van der Waals surface area contributed by atoms with Crippen molar-refractivity contribution >= 4 is 45.7 Å². The fourth-order valence-electron chi connectivity index (χ4n) is 5.42. The molecule has 4 heterocycles. The summed E-state index contributed by atoms with van der Waals surface area (Å²) in [6.07, 6.45) is 3.58. The summed E-state index contributed by atoms with van der Waals surface area (Å²) < 4.78 is 6.90. The maximum Gasteiger partial charge on any atom is 0.326 e. The van der Waals surface area contributed by atoms with Crippen molar-refractivity contribution in [2.75, 3.05) is 26.2 Å². The molecule has 0 unspecified atom stereocenters. The minimum Gasteiger partial charge on any atom is -0.354 e. The van der Waals surface area contributed by atoms with Crippen LogP contribution in [0.2, 0.25) is 0 Å². The molecule has 14 nitrogen and oxygen atoms in total. The summed E-state index contributed by atoms with van der Waals surface area (Å²) in [6.45, 7) is 5.27. The minimum atomic E-state index is -0.724. The Morgan fingerprint density at radius 2 is 1.82 bits per heavy atom. The number of hydrogen-bond donors (Lipinski definition) is 4. The zero-order valence-electron chi connectivity index (χ0n) is 25.4. The maximum absolute atomic E-state index is 13.6. The summed E-state index contributed by atoms with van der Waals surface area (Å²) in [7, 11) is 0. The highest BCUT2D eigenvalue weighted by Crippen LogP contribution is 2.19. The maximum atomic E-state index is 13.6. The molecule has 1 aromatic carbocycles. The van der Waals surface area contributed by atoms with Gasteiger partial charge in [-0.1, -0.05) is 25.4 Å². The molecular weight excluding hydrogens is 580 g/mol. The van der Waals surface area contributed by atoms with Gasteiger partial charge in [-0.05, 0) is 55.5 Å². The minimum absolute atomic E-state index is 0.0523. The molecule has 45 heavy (non-hydrogen) atoms. The topological polar surface area (TPSA) is 184 Å². The van der Waals surface area contributed by atoms with Crippen molar-refractivity contribution in [1.29, 1.82) is 0 Å². The number of nitrogens with zero attached hydrogens (tertiary/aromatic N) is 4. The quantitative estimate of drug-likeness (QED) is 0.268. The Morgan fingerprint density at radius 1 is 1.04 bits per heavy atom. The van der Waals surface area contributed by atoms with Gasteiger partial charge in [-0.15, -0.1) is 0 Å². The Labute approximate surface area is 258 Å². The summed E-state index contributed by atoms with van der Waals surface area (Å²) in [5, 5.41) is 13.0. The predicted octanol–water partition coefficient (Wildman–Crippen LogP) is 1.96. The molecule has 238 valence electrons. The number of imidazole rings is 1. The van der Waals surface area contributed by atoms with Crippen LogP contribution in [0.1, 0.15) is 66.9 Å². The number of aryl methyl sites for hydroxylation is 1. The predicted molar refractivity (Wildman–Crippen MR) is 165 cm³/mol. The fourth-order valence-corrected chi connectivity index (χ4v) is 5.42. The molecule has 4 N–H and O–H groups in total. The average molecular weight is 619 g/mol. The number of aromatic amines is 1. The van der Waals surface area contributed by atoms with Crippen molar-refractivity contribution in [2.24, 2.45) is 5.92 Å². The summed E-state index contributed by atoms with van der Waals surface area (Å²) in [5.74, 6) is -1.36. The zero-order chi connectivity index (χ0) is 31.9. The van der Waals surface area contributed by atoms with Gasteiger partial charge in [0.2, 0.25) is 23.2 Å². The van der Waals surface area contributed by atoms with E-state index in [9.17, 15) is 24.0 Å². The Bertz CT molecular complexity index is 1760. The molecule has 0 aliphatic carbocycles. The van der Waals surface area contributed by atoms with Crippen molar-refractivity contribution < 1.29 is 23.7 Å². The summed E-state index contributed by atoms with van der Waals surface area (Å²) in [5.41, 5.74) is 1.58. The van der Waals surface area contributed by atoms with Crippen LogP contribution in [-0.4, -0.2) is 80.4 Å². The lowest BCUT2D eigenvalue weighted by molar-refractivity contribution is -0.130. The Hall–Kier alpha value is -5.01. The normalized spacial score (nSPS) is 18.7. The lowest BCUT2D eigenvalue weighted by atomic mass is 9.98. The van der Waals surface area contributed by atoms with Crippen LogP contribution >= 0.6 is 0 Å². The van der Waals surface area contributed by atoms with Gasteiger partial charge in [0.15, 0.2) is 0 Å². The molecule has 3 aromatic heterocycles. The summed E-state index contributed by atoms with van der Waals surface area (Å²) >= 11 is 0. The summed E-state index contributed by atoms with van der Waals surface area (Å²) in [6, 6.07) is 7.67. The lowest BCUT2D eigenvalue weighted by Crippen LogP contribution is -2.50. The van der Waals surface area contributed by atoms with Gasteiger partial charge in [0, 0.05) is 50.9 Å². The molecule has 5 rings (SSSR count). The fraction of sp³-hybridized carbons (Fsp3) is 0.452. The third-order valence-electron chi connectivity index (χ3n) is 8.17. The number of aromatic nitrogens is 4. The molecule has 0 radical (unpaired) electrons. The number of carbonyl (C=O) groups excluding carboxylic acids is 4. The number of H-pyrrole nitrogens is 1. The van der Waals surface area contributed by atoms with E-state index in [1.165, 1.54) is 0 Å². The molecule has 0 fully saturated rings. The Balaban J connectivity index is 1.38. The second kappa shape index (κ2) is 14.2. The van der Waals surface area contributed by atoms with E-state index in [2.05, 4.69) is 31.1 Å². The van der Waals surface area contributed by atoms with Crippen molar-refractivity contribution in [3.63, 3.8) is 0 Å². The first-order valence-electron chi connectivity index (χ1n) is 15.3. The highest BCUT2D eigenvalue weighted by molar-refractivity contribution is 6.02. The first-order valence-corrected chi connectivity index (χ1v) is 15.3. The number of amides is 4. The van der Waals surface area contributed by atoms with E-state index in [-0.39, 0.29) is 61.1 Å². The molecule has 1 aliphatic heterocycles. The molecule has 0 saturated heterocycles. The van der Waals surface area contributed by atoms with Crippen LogP contribution in [0.5, 0.6) is 0 Å². The number of hydrogen-bond acceptors (Lipinski definition) is 8. The van der Waals surface area contributed by atoms with E-state index in [0.29, 0.717) is 66.4 Å². The zero-order valence-corrected chi connectivity index (χ0v) is 25.4. The van der Waals surface area contributed by atoms with E-state index in [0.717, 1.165) is 0 Å². The molecule has 1 aliphatic rings. The lowest BCUT2D eigenvalue weighted by Gasteiger charge is -2.24. The molecule has 14 heteroatoms. The van der Waals surface area contributed by atoms with E-state index < -0.39 is 11.9 Å². The molecule has 0 saturated carbocycles. The van der Waals surface area contributed by atoms with E-state index in [4.69, 9.17) is 4.52 Å². The van der Waals surface area contributed by atoms with Crippen molar-refractivity contribution in [3.05, 3.63) is 58.3 Å². The first-order chi connectivity index (χ1) is 21.8. The van der Waals surface area contributed by atoms with Crippen LogP contribution in [0.15, 0.2) is 45.8 Å². The van der Waals surface area contributed by atoms with Gasteiger partial charge >= 0.3 is 5.69 Å². The third kappa shape index (κ3) is 7.21. The highest BCUT2D eigenvalue weighted by Gasteiger charge is 2.27. The smallest absolute Gasteiger partial charge is 0.326 e. The molecular formula is C31H38N8O6. The molecule has 2 atom stereocenters. The van der Waals surface area contributed by atoms with Crippen LogP contribution in [-0.2, 0) is 16.1 Å². The van der Waals surface area contributed by atoms with Gasteiger partial charge in [-0.25, -0.2) is 9.78 Å². The largest absolute Gasteiger partial charge is 0.354 e. The monoisotopic (exact) mass is 618 g/mol. The molecule has 4 aromatic rings. The van der Waals surface area contributed by atoms with Crippen molar-refractivity contribution in [3.8, 4) is 0 Å². The molecule has 4 amide bonds. The van der Waals surface area contributed by atoms with E-state index in [1.807, 2.05) is 13.8 Å². The number of benzene rings is 1. The SMILES string of the molecule is CC[C@H](C)[C@@H]1NC(=O)CCCN(C(=O)c2onc3ncccc23)CCCNC(=O)c2ccc3[nH]c(=O)n(c3c2)CCCNC1=O. The van der Waals surface area contributed by atoms with Crippen LogP contribution in [0.4, 0.5) is 0 Å². The number of rotatable bonds is 3. The molecule has 2 bridgehead atoms. The number of nitrogens with one attached hydrogen (secondary N) is 4. The number of pyridine rings is 1. The van der Waals surface area contributed by atoms with Crippen LogP contribution in [0.25, 0.3) is 22.1 Å². The van der Waals surface area contributed by atoms with E-state index >= 15 is 0 Å². The Morgan fingerprint density at radius 3 is 2.64 bits per heavy atom. The van der Waals surface area contributed by atoms with Gasteiger partial charge < -0.3 is 30.4 Å². The third-order valence-corrected chi connectivity index (χ3v) is 8.17. The van der Waals surface area contributed by atoms with Crippen LogP contribution < -0.4 is 21.6 Å². The molecule has 0 spiro atoms. The number of carbonyl (C=O) groups is 4. The van der Waals surface area contributed by atoms with Gasteiger partial charge in [0.1, 0.15) is 6.04 Å². The van der Waals surface area contributed by atoms with Crippen molar-refractivity contribution in [1.82, 2.24) is 40.5 Å². The number of fused-ring (bicyclic) bond motifs is 2.